The molecule has 1 aliphatic heterocycles. The zero-order chi connectivity index (χ0) is 17.0. The number of carbonyl (C=O) groups is 3. The lowest BCUT2D eigenvalue weighted by Crippen LogP contribution is -2.35. The predicted octanol–water partition coefficient (Wildman–Crippen LogP) is 0.772. The Morgan fingerprint density at radius 3 is 2.70 bits per heavy atom. The molecular weight excluding hydrogens is 302 g/mol. The summed E-state index contributed by atoms with van der Waals surface area (Å²) >= 11 is 0. The molecule has 1 saturated heterocycles. The second-order valence-electron chi connectivity index (χ2n) is 4.98. The molecule has 2 rings (SSSR count). The van der Waals surface area contributed by atoms with Crippen molar-refractivity contribution in [2.24, 2.45) is 0 Å². The summed E-state index contributed by atoms with van der Waals surface area (Å²) in [7, 11) is 1.48. The van der Waals surface area contributed by atoms with Gasteiger partial charge in [0.25, 0.3) is 5.91 Å². The molecule has 23 heavy (non-hydrogen) atoms. The number of nitrogens with one attached hydrogen (secondary N) is 1. The van der Waals surface area contributed by atoms with Gasteiger partial charge >= 0.3 is 12.0 Å². The van der Waals surface area contributed by atoms with Crippen LogP contribution >= 0.6 is 0 Å². The average molecular weight is 321 g/mol. The second-order valence-corrected chi connectivity index (χ2v) is 4.98. The van der Waals surface area contributed by atoms with E-state index in [4.69, 9.17) is 9.84 Å². The zero-order valence-electron chi connectivity index (χ0n) is 13.0. The number of urea groups is 1. The van der Waals surface area contributed by atoms with Crippen molar-refractivity contribution in [2.45, 2.75) is 6.92 Å². The van der Waals surface area contributed by atoms with E-state index in [1.807, 2.05) is 0 Å². The van der Waals surface area contributed by atoms with Crippen molar-refractivity contribution in [3.05, 3.63) is 23.8 Å². The molecule has 8 heteroatoms. The highest BCUT2D eigenvalue weighted by atomic mass is 16.5. The maximum absolute atomic E-state index is 12.5. The minimum atomic E-state index is -1.08. The van der Waals surface area contributed by atoms with E-state index in [2.05, 4.69) is 5.32 Å². The largest absolute Gasteiger partial charge is 0.495 e. The summed E-state index contributed by atoms with van der Waals surface area (Å²) in [6.45, 7) is 2.59. The molecule has 1 fully saturated rings. The SMILES string of the molecule is CCN(CC(=O)O)C(=O)c1ccc(OC)c(N2CCNC2=O)c1. The maximum atomic E-state index is 12.5. The molecule has 0 atom stereocenters. The number of hydrogen-bond donors (Lipinski definition) is 2. The minimum Gasteiger partial charge on any atom is -0.495 e. The maximum Gasteiger partial charge on any atom is 0.323 e. The molecule has 0 aliphatic carbocycles. The smallest absolute Gasteiger partial charge is 0.323 e. The minimum absolute atomic E-state index is 0.259. The molecule has 3 amide bonds. The Balaban J connectivity index is 2.34. The molecule has 124 valence electrons. The van der Waals surface area contributed by atoms with Crippen molar-refractivity contribution in [3.8, 4) is 5.75 Å². The summed E-state index contributed by atoms with van der Waals surface area (Å²) in [4.78, 5) is 37.9. The van der Waals surface area contributed by atoms with Gasteiger partial charge in [-0.2, -0.15) is 0 Å². The Morgan fingerprint density at radius 1 is 1.43 bits per heavy atom. The number of benzene rings is 1. The number of nitrogens with zero attached hydrogens (tertiary/aromatic N) is 2. The summed E-state index contributed by atoms with van der Waals surface area (Å²) in [6.07, 6.45) is 0. The van der Waals surface area contributed by atoms with E-state index in [-0.39, 0.29) is 19.1 Å². The van der Waals surface area contributed by atoms with E-state index >= 15 is 0 Å². The number of carboxylic acids is 1. The lowest BCUT2D eigenvalue weighted by atomic mass is 10.1. The third kappa shape index (κ3) is 3.53. The van der Waals surface area contributed by atoms with E-state index in [1.54, 1.807) is 25.1 Å². The molecule has 0 radical (unpaired) electrons. The summed E-state index contributed by atoms with van der Waals surface area (Å²) < 4.78 is 5.25. The topological polar surface area (TPSA) is 99.2 Å². The van der Waals surface area contributed by atoms with Gasteiger partial charge in [-0.3, -0.25) is 14.5 Å². The second kappa shape index (κ2) is 6.99. The van der Waals surface area contributed by atoms with Crippen LogP contribution in [0.15, 0.2) is 18.2 Å². The molecule has 8 nitrogen and oxygen atoms in total. The summed E-state index contributed by atoms with van der Waals surface area (Å²) in [5.41, 5.74) is 0.795. The number of rotatable bonds is 6. The molecule has 0 aromatic heterocycles. The van der Waals surface area contributed by atoms with Gasteiger partial charge in [-0.25, -0.2) is 4.79 Å². The number of hydrogen-bond acceptors (Lipinski definition) is 4. The van der Waals surface area contributed by atoms with Gasteiger partial charge < -0.3 is 20.1 Å². The zero-order valence-corrected chi connectivity index (χ0v) is 13.0. The molecule has 1 heterocycles. The number of likely N-dealkylation sites (N-methyl/N-ethyl adjacent to an activating group) is 1. The van der Waals surface area contributed by atoms with Crippen LogP contribution in [-0.2, 0) is 4.79 Å². The van der Waals surface area contributed by atoms with Gasteiger partial charge in [0.2, 0.25) is 0 Å². The highest BCUT2D eigenvalue weighted by Crippen LogP contribution is 2.30. The summed E-state index contributed by atoms with van der Waals surface area (Å²) in [5, 5.41) is 11.6. The van der Waals surface area contributed by atoms with Crippen molar-refractivity contribution in [3.63, 3.8) is 0 Å². The molecule has 1 aliphatic rings. The van der Waals surface area contributed by atoms with Crippen LogP contribution in [0.4, 0.5) is 10.5 Å². The van der Waals surface area contributed by atoms with Gasteiger partial charge in [-0.05, 0) is 25.1 Å². The van der Waals surface area contributed by atoms with Gasteiger partial charge in [0, 0.05) is 25.2 Å². The van der Waals surface area contributed by atoms with Crippen LogP contribution in [-0.4, -0.2) is 61.2 Å². The Hall–Kier alpha value is -2.77. The standard InChI is InChI=1S/C15H19N3O5/c1-3-17(9-13(19)20)14(21)10-4-5-12(23-2)11(8-10)18-7-6-16-15(18)22/h4-5,8H,3,6-7,9H2,1-2H3,(H,16,22)(H,19,20). The highest BCUT2D eigenvalue weighted by Gasteiger charge is 2.26. The van der Waals surface area contributed by atoms with Crippen LogP contribution in [0.1, 0.15) is 17.3 Å². The van der Waals surface area contributed by atoms with Crippen LogP contribution in [0.25, 0.3) is 0 Å². The van der Waals surface area contributed by atoms with Gasteiger partial charge in [0.15, 0.2) is 0 Å². The van der Waals surface area contributed by atoms with Crippen molar-refractivity contribution in [1.82, 2.24) is 10.2 Å². The molecule has 0 saturated carbocycles. The van der Waals surface area contributed by atoms with Gasteiger partial charge in [-0.1, -0.05) is 0 Å². The Morgan fingerprint density at radius 2 is 2.17 bits per heavy atom. The normalized spacial score (nSPS) is 13.7. The van der Waals surface area contributed by atoms with Crippen LogP contribution < -0.4 is 15.0 Å². The molecule has 0 bridgehead atoms. The number of anilines is 1. The Labute approximate surface area is 133 Å². The molecular formula is C15H19N3O5. The van der Waals surface area contributed by atoms with Crippen LogP contribution in [0.3, 0.4) is 0 Å². The third-order valence-electron chi connectivity index (χ3n) is 3.57. The first kappa shape index (κ1) is 16.6. The van der Waals surface area contributed by atoms with Crippen LogP contribution in [0, 0.1) is 0 Å². The number of ether oxygens (including phenoxy) is 1. The first-order valence-electron chi connectivity index (χ1n) is 7.22. The number of methoxy groups -OCH3 is 1. The summed E-state index contributed by atoms with van der Waals surface area (Å²) in [5.74, 6) is -1.01. The first-order chi connectivity index (χ1) is 11.0. The quantitative estimate of drug-likeness (QED) is 0.806. The number of carbonyl (C=O) groups excluding carboxylic acids is 2. The van der Waals surface area contributed by atoms with Gasteiger partial charge in [0.1, 0.15) is 12.3 Å². The van der Waals surface area contributed by atoms with Crippen molar-refractivity contribution in [2.75, 3.05) is 38.2 Å². The van der Waals surface area contributed by atoms with Gasteiger partial charge in [0.05, 0.1) is 12.8 Å². The molecule has 1 aromatic rings. The van der Waals surface area contributed by atoms with E-state index in [0.717, 1.165) is 0 Å². The fourth-order valence-electron chi connectivity index (χ4n) is 2.41. The fourth-order valence-corrected chi connectivity index (χ4v) is 2.41. The van der Waals surface area contributed by atoms with Crippen molar-refractivity contribution >= 4 is 23.6 Å². The van der Waals surface area contributed by atoms with E-state index in [1.165, 1.54) is 16.9 Å². The predicted molar refractivity (Wildman–Crippen MR) is 83.0 cm³/mol. The lowest BCUT2D eigenvalue weighted by molar-refractivity contribution is -0.137. The first-order valence-corrected chi connectivity index (χ1v) is 7.22. The van der Waals surface area contributed by atoms with Crippen LogP contribution in [0.2, 0.25) is 0 Å². The van der Waals surface area contributed by atoms with Crippen LogP contribution in [0.5, 0.6) is 5.75 Å². The number of aliphatic carboxylic acids is 1. The third-order valence-corrected chi connectivity index (χ3v) is 3.57. The van der Waals surface area contributed by atoms with E-state index in [9.17, 15) is 14.4 Å². The monoisotopic (exact) mass is 321 g/mol. The molecule has 0 spiro atoms. The number of amides is 3. The Bertz CT molecular complexity index is 632. The Kier molecular flexibility index (Phi) is 5.05. The van der Waals surface area contributed by atoms with Crippen molar-refractivity contribution < 1.29 is 24.2 Å². The summed E-state index contributed by atoms with van der Waals surface area (Å²) in [6, 6.07) is 4.45. The highest BCUT2D eigenvalue weighted by molar-refractivity contribution is 6.00. The number of carboxylic acid groups (broad SMARTS) is 1. The van der Waals surface area contributed by atoms with E-state index < -0.39 is 11.9 Å². The molecule has 0 unspecified atom stereocenters. The fraction of sp³-hybridized carbons (Fsp3) is 0.400. The lowest BCUT2D eigenvalue weighted by Gasteiger charge is -2.21. The van der Waals surface area contributed by atoms with Gasteiger partial charge in [-0.15, -0.1) is 0 Å². The van der Waals surface area contributed by atoms with E-state index in [0.29, 0.717) is 30.1 Å². The molecule has 2 N–H and O–H groups in total. The van der Waals surface area contributed by atoms with Crippen molar-refractivity contribution in [1.29, 1.82) is 0 Å². The molecule has 1 aromatic carbocycles. The average Bonchev–Trinajstić information content (AvgIpc) is 2.97.